The fourth-order valence-electron chi connectivity index (χ4n) is 3.45. The molecule has 1 atom stereocenters. The van der Waals surface area contributed by atoms with Gasteiger partial charge >= 0.3 is 0 Å². The van der Waals surface area contributed by atoms with Gasteiger partial charge in [-0.1, -0.05) is 36.4 Å². The number of hydrogen-bond donors (Lipinski definition) is 1. The van der Waals surface area contributed by atoms with Crippen molar-refractivity contribution < 1.29 is 14.6 Å². The predicted molar refractivity (Wildman–Crippen MR) is 97.0 cm³/mol. The first-order valence-electron chi connectivity index (χ1n) is 9.14. The number of morpholine rings is 1. The molecule has 0 spiro atoms. The first-order chi connectivity index (χ1) is 12.3. The van der Waals surface area contributed by atoms with E-state index in [-0.39, 0.29) is 6.04 Å². The van der Waals surface area contributed by atoms with Gasteiger partial charge in [-0.3, -0.25) is 4.90 Å². The fraction of sp³-hybridized carbons (Fsp3) is 0.429. The van der Waals surface area contributed by atoms with Crippen LogP contribution in [0, 0.1) is 5.92 Å². The summed E-state index contributed by atoms with van der Waals surface area (Å²) in [6.45, 7) is 3.91. The molecule has 1 unspecified atom stereocenters. The zero-order chi connectivity index (χ0) is 17.1. The van der Waals surface area contributed by atoms with Gasteiger partial charge in [-0.2, -0.15) is 0 Å². The summed E-state index contributed by atoms with van der Waals surface area (Å²) < 4.78 is 11.7. The molecule has 1 N–H and O–H groups in total. The lowest BCUT2D eigenvalue weighted by Crippen LogP contribution is -2.39. The van der Waals surface area contributed by atoms with Crippen LogP contribution in [0.25, 0.3) is 0 Å². The number of phenolic OH excluding ortho intramolecular Hbond substituents is 1. The molecule has 4 heteroatoms. The molecule has 1 heterocycles. The van der Waals surface area contributed by atoms with E-state index < -0.39 is 0 Å². The van der Waals surface area contributed by atoms with Gasteiger partial charge in [0.15, 0.2) is 0 Å². The number of phenols is 1. The molecule has 0 bridgehead atoms. The molecule has 2 aliphatic rings. The first-order valence-corrected chi connectivity index (χ1v) is 9.14. The molecule has 0 aromatic heterocycles. The zero-order valence-electron chi connectivity index (χ0n) is 14.4. The van der Waals surface area contributed by atoms with Gasteiger partial charge in [0.25, 0.3) is 0 Å². The Labute approximate surface area is 149 Å². The second-order valence-electron chi connectivity index (χ2n) is 6.90. The molecular formula is C21H25NO3. The summed E-state index contributed by atoms with van der Waals surface area (Å²) in [5, 5.41) is 10.5. The van der Waals surface area contributed by atoms with Crippen LogP contribution in [0.15, 0.2) is 48.5 Å². The van der Waals surface area contributed by atoms with Gasteiger partial charge in [-0.25, -0.2) is 0 Å². The number of para-hydroxylation sites is 2. The number of ether oxygens (including phenoxy) is 2. The maximum atomic E-state index is 10.5. The van der Waals surface area contributed by atoms with Crippen molar-refractivity contribution in [1.29, 1.82) is 0 Å². The third-order valence-corrected chi connectivity index (χ3v) is 5.03. The molecule has 4 nitrogen and oxygen atoms in total. The molecule has 1 aliphatic heterocycles. The highest BCUT2D eigenvalue weighted by atomic mass is 16.5. The van der Waals surface area contributed by atoms with E-state index in [9.17, 15) is 5.11 Å². The van der Waals surface area contributed by atoms with E-state index in [1.54, 1.807) is 6.07 Å². The third-order valence-electron chi connectivity index (χ3n) is 5.03. The lowest BCUT2D eigenvalue weighted by atomic mass is 9.95. The van der Waals surface area contributed by atoms with Crippen molar-refractivity contribution in [3.05, 3.63) is 59.7 Å². The van der Waals surface area contributed by atoms with E-state index in [2.05, 4.69) is 11.0 Å². The third kappa shape index (κ3) is 3.80. The van der Waals surface area contributed by atoms with Gasteiger partial charge in [0.2, 0.25) is 0 Å². The smallest absolute Gasteiger partial charge is 0.124 e. The van der Waals surface area contributed by atoms with E-state index in [1.165, 1.54) is 12.8 Å². The van der Waals surface area contributed by atoms with Crippen molar-refractivity contribution in [2.24, 2.45) is 5.92 Å². The summed E-state index contributed by atoms with van der Waals surface area (Å²) in [6, 6.07) is 15.8. The molecular weight excluding hydrogens is 314 g/mol. The van der Waals surface area contributed by atoms with E-state index in [1.807, 2.05) is 36.4 Å². The Kier molecular flexibility index (Phi) is 4.90. The quantitative estimate of drug-likeness (QED) is 0.873. The molecule has 132 valence electrons. The van der Waals surface area contributed by atoms with Crippen molar-refractivity contribution in [3.63, 3.8) is 0 Å². The Bertz CT molecular complexity index is 708. The maximum absolute atomic E-state index is 10.5. The van der Waals surface area contributed by atoms with Gasteiger partial charge in [0.1, 0.15) is 11.5 Å². The van der Waals surface area contributed by atoms with Gasteiger partial charge in [-0.15, -0.1) is 0 Å². The number of aromatic hydroxyl groups is 1. The van der Waals surface area contributed by atoms with E-state index in [0.29, 0.717) is 11.7 Å². The Morgan fingerprint density at radius 1 is 1.00 bits per heavy atom. The number of benzene rings is 2. The van der Waals surface area contributed by atoms with Crippen LogP contribution >= 0.6 is 0 Å². The lowest BCUT2D eigenvalue weighted by molar-refractivity contribution is 0.0230. The second kappa shape index (κ2) is 7.46. The van der Waals surface area contributed by atoms with Gasteiger partial charge in [-0.05, 0) is 30.9 Å². The zero-order valence-corrected chi connectivity index (χ0v) is 14.4. The summed E-state index contributed by atoms with van der Waals surface area (Å²) in [7, 11) is 0. The van der Waals surface area contributed by atoms with E-state index >= 15 is 0 Å². The Morgan fingerprint density at radius 3 is 2.40 bits per heavy atom. The maximum Gasteiger partial charge on any atom is 0.124 e. The van der Waals surface area contributed by atoms with Crippen molar-refractivity contribution in [2.45, 2.75) is 18.9 Å². The van der Waals surface area contributed by atoms with Crippen LogP contribution in [0.1, 0.15) is 30.0 Å². The molecule has 2 fully saturated rings. The molecule has 1 saturated heterocycles. The molecule has 4 rings (SSSR count). The lowest BCUT2D eigenvalue weighted by Gasteiger charge is -2.36. The van der Waals surface area contributed by atoms with Crippen molar-refractivity contribution in [2.75, 3.05) is 32.9 Å². The monoisotopic (exact) mass is 339 g/mol. The number of rotatable bonds is 6. The van der Waals surface area contributed by atoms with Crippen LogP contribution in [0.2, 0.25) is 0 Å². The molecule has 1 aliphatic carbocycles. The van der Waals surface area contributed by atoms with Crippen LogP contribution in [-0.4, -0.2) is 42.9 Å². The van der Waals surface area contributed by atoms with E-state index in [0.717, 1.165) is 49.8 Å². The van der Waals surface area contributed by atoms with Crippen LogP contribution in [-0.2, 0) is 4.74 Å². The fourth-order valence-corrected chi connectivity index (χ4v) is 3.45. The molecule has 0 radical (unpaired) electrons. The van der Waals surface area contributed by atoms with Crippen molar-refractivity contribution in [3.8, 4) is 11.5 Å². The Balaban J connectivity index is 1.71. The van der Waals surface area contributed by atoms with Crippen LogP contribution in [0.4, 0.5) is 0 Å². The first kappa shape index (κ1) is 16.4. The molecule has 1 saturated carbocycles. The van der Waals surface area contributed by atoms with Gasteiger partial charge < -0.3 is 14.6 Å². The van der Waals surface area contributed by atoms with Crippen molar-refractivity contribution in [1.82, 2.24) is 4.90 Å². The Morgan fingerprint density at radius 2 is 1.68 bits per heavy atom. The summed E-state index contributed by atoms with van der Waals surface area (Å²) >= 11 is 0. The predicted octanol–water partition coefficient (Wildman–Crippen LogP) is 3.60. The summed E-state index contributed by atoms with van der Waals surface area (Å²) in [4.78, 5) is 2.37. The molecule has 25 heavy (non-hydrogen) atoms. The molecule has 0 amide bonds. The standard InChI is InChI=1S/C21H25NO3/c23-19-7-3-1-5-17(19)21(22-11-13-24-14-12-22)18-6-2-4-8-20(18)25-15-16-9-10-16/h1-8,16,21,23H,9-15H2. The average molecular weight is 339 g/mol. The molecule has 2 aromatic carbocycles. The largest absolute Gasteiger partial charge is 0.508 e. The minimum absolute atomic E-state index is 0.0273. The van der Waals surface area contributed by atoms with Gasteiger partial charge in [0, 0.05) is 24.2 Å². The Hall–Kier alpha value is -2.04. The van der Waals surface area contributed by atoms with Crippen LogP contribution in [0.5, 0.6) is 11.5 Å². The number of nitrogens with zero attached hydrogens (tertiary/aromatic N) is 1. The van der Waals surface area contributed by atoms with Crippen LogP contribution < -0.4 is 4.74 Å². The van der Waals surface area contributed by atoms with Gasteiger partial charge in [0.05, 0.1) is 25.9 Å². The normalized spacial score (nSPS) is 19.5. The summed E-state index contributed by atoms with van der Waals surface area (Å²) in [6.07, 6.45) is 2.54. The highest BCUT2D eigenvalue weighted by molar-refractivity contribution is 5.46. The van der Waals surface area contributed by atoms with Crippen molar-refractivity contribution >= 4 is 0 Å². The highest BCUT2D eigenvalue weighted by Gasteiger charge is 2.29. The topological polar surface area (TPSA) is 41.9 Å². The minimum Gasteiger partial charge on any atom is -0.508 e. The van der Waals surface area contributed by atoms with E-state index in [4.69, 9.17) is 9.47 Å². The molecule has 2 aromatic rings. The second-order valence-corrected chi connectivity index (χ2v) is 6.90. The summed E-state index contributed by atoms with van der Waals surface area (Å²) in [5.41, 5.74) is 2.04. The highest BCUT2D eigenvalue weighted by Crippen LogP contribution is 2.39. The SMILES string of the molecule is Oc1ccccc1C(c1ccccc1OCC1CC1)N1CCOCC1. The number of hydrogen-bond acceptors (Lipinski definition) is 4. The average Bonchev–Trinajstić information content (AvgIpc) is 3.48. The minimum atomic E-state index is -0.0273. The summed E-state index contributed by atoms with van der Waals surface area (Å²) in [5.74, 6) is 1.96. The van der Waals surface area contributed by atoms with Crippen LogP contribution in [0.3, 0.4) is 0 Å².